The summed E-state index contributed by atoms with van der Waals surface area (Å²) in [5, 5.41) is 2.91. The first-order valence-electron chi connectivity index (χ1n) is 5.06. The van der Waals surface area contributed by atoms with Gasteiger partial charge in [0.1, 0.15) is 5.76 Å². The molecule has 1 amide bonds. The fraction of sp³-hybridized carbons (Fsp3) is 0.417. The molecule has 0 saturated heterocycles. The van der Waals surface area contributed by atoms with E-state index in [1.807, 2.05) is 12.1 Å². The number of nitrogens with one attached hydrogen (secondary N) is 1. The van der Waals surface area contributed by atoms with Gasteiger partial charge in [0.2, 0.25) is 5.91 Å². The Balaban J connectivity index is 2.46. The van der Waals surface area contributed by atoms with Crippen molar-refractivity contribution < 1.29 is 9.21 Å². The molecule has 1 aromatic rings. The minimum atomic E-state index is -0.0612. The SMILES string of the molecule is CC(C)(C)C1=C(c2ccco2)CC(=O)N1. The van der Waals surface area contributed by atoms with E-state index in [2.05, 4.69) is 26.1 Å². The van der Waals surface area contributed by atoms with Gasteiger partial charge in [-0.05, 0) is 12.1 Å². The van der Waals surface area contributed by atoms with Gasteiger partial charge < -0.3 is 9.73 Å². The average Bonchev–Trinajstić information content (AvgIpc) is 2.68. The highest BCUT2D eigenvalue weighted by Gasteiger charge is 2.31. The van der Waals surface area contributed by atoms with Crippen molar-refractivity contribution in [3.8, 4) is 0 Å². The maximum absolute atomic E-state index is 11.4. The van der Waals surface area contributed by atoms with Gasteiger partial charge in [-0.15, -0.1) is 0 Å². The Morgan fingerprint density at radius 3 is 2.67 bits per heavy atom. The van der Waals surface area contributed by atoms with Gasteiger partial charge in [0.25, 0.3) is 0 Å². The van der Waals surface area contributed by atoms with Crippen LogP contribution in [0.2, 0.25) is 0 Å². The molecule has 0 fully saturated rings. The Morgan fingerprint density at radius 2 is 2.13 bits per heavy atom. The van der Waals surface area contributed by atoms with E-state index in [-0.39, 0.29) is 11.3 Å². The Kier molecular flexibility index (Phi) is 2.18. The van der Waals surface area contributed by atoms with E-state index < -0.39 is 0 Å². The van der Waals surface area contributed by atoms with E-state index in [4.69, 9.17) is 4.42 Å². The quantitative estimate of drug-likeness (QED) is 0.765. The van der Waals surface area contributed by atoms with Gasteiger partial charge in [-0.3, -0.25) is 4.79 Å². The summed E-state index contributed by atoms with van der Waals surface area (Å²) >= 11 is 0. The molecule has 0 saturated carbocycles. The van der Waals surface area contributed by atoms with Gasteiger partial charge in [0, 0.05) is 16.7 Å². The third kappa shape index (κ3) is 1.82. The fourth-order valence-corrected chi connectivity index (χ4v) is 1.81. The number of amides is 1. The summed E-state index contributed by atoms with van der Waals surface area (Å²) in [6.45, 7) is 6.24. The number of hydrogen-bond acceptors (Lipinski definition) is 2. The van der Waals surface area contributed by atoms with Crippen LogP contribution in [0.15, 0.2) is 28.5 Å². The van der Waals surface area contributed by atoms with Crippen molar-refractivity contribution in [3.63, 3.8) is 0 Å². The Labute approximate surface area is 89.2 Å². The number of rotatable bonds is 1. The normalized spacial score (nSPS) is 17.1. The third-order valence-electron chi connectivity index (χ3n) is 2.47. The molecule has 1 aliphatic heterocycles. The molecule has 0 aliphatic carbocycles. The van der Waals surface area contributed by atoms with E-state index in [1.165, 1.54) is 0 Å². The van der Waals surface area contributed by atoms with Crippen molar-refractivity contribution in [2.45, 2.75) is 27.2 Å². The van der Waals surface area contributed by atoms with Crippen molar-refractivity contribution in [1.29, 1.82) is 0 Å². The zero-order valence-electron chi connectivity index (χ0n) is 9.26. The largest absolute Gasteiger partial charge is 0.465 e. The Bertz CT molecular complexity index is 407. The maximum Gasteiger partial charge on any atom is 0.228 e. The van der Waals surface area contributed by atoms with E-state index in [0.29, 0.717) is 6.42 Å². The number of hydrogen-bond donors (Lipinski definition) is 1. The maximum atomic E-state index is 11.4. The monoisotopic (exact) mass is 205 g/mol. The van der Waals surface area contributed by atoms with Gasteiger partial charge in [-0.25, -0.2) is 0 Å². The lowest BCUT2D eigenvalue weighted by atomic mass is 9.89. The van der Waals surface area contributed by atoms with Crippen LogP contribution in [0.5, 0.6) is 0 Å². The van der Waals surface area contributed by atoms with Crippen LogP contribution in [0.1, 0.15) is 33.0 Å². The fourth-order valence-electron chi connectivity index (χ4n) is 1.81. The topological polar surface area (TPSA) is 42.2 Å². The number of carbonyl (C=O) groups is 1. The molecular weight excluding hydrogens is 190 g/mol. The third-order valence-corrected chi connectivity index (χ3v) is 2.47. The first-order valence-corrected chi connectivity index (χ1v) is 5.06. The van der Waals surface area contributed by atoms with Gasteiger partial charge in [0.05, 0.1) is 12.7 Å². The molecule has 0 aromatic carbocycles. The molecule has 3 nitrogen and oxygen atoms in total. The highest BCUT2D eigenvalue weighted by Crippen LogP contribution is 2.36. The van der Waals surface area contributed by atoms with Crippen LogP contribution in [0.25, 0.3) is 5.57 Å². The summed E-state index contributed by atoms with van der Waals surface area (Å²) in [7, 11) is 0. The summed E-state index contributed by atoms with van der Waals surface area (Å²) in [6.07, 6.45) is 2.05. The smallest absolute Gasteiger partial charge is 0.228 e. The molecule has 3 heteroatoms. The molecule has 0 spiro atoms. The molecule has 2 heterocycles. The van der Waals surface area contributed by atoms with Crippen molar-refractivity contribution in [3.05, 3.63) is 29.9 Å². The molecule has 2 rings (SSSR count). The predicted molar refractivity (Wildman–Crippen MR) is 57.8 cm³/mol. The standard InChI is InChI=1S/C12H15NO2/c1-12(2,3)11-8(7-10(14)13-11)9-5-4-6-15-9/h4-6H,7H2,1-3H3,(H,13,14). The van der Waals surface area contributed by atoms with Gasteiger partial charge in [-0.2, -0.15) is 0 Å². The summed E-state index contributed by atoms with van der Waals surface area (Å²) in [5.74, 6) is 0.838. The second-order valence-electron chi connectivity index (χ2n) is 4.81. The summed E-state index contributed by atoms with van der Waals surface area (Å²) < 4.78 is 5.34. The average molecular weight is 205 g/mol. The highest BCUT2D eigenvalue weighted by atomic mass is 16.3. The van der Waals surface area contributed by atoms with Crippen LogP contribution in [-0.2, 0) is 4.79 Å². The van der Waals surface area contributed by atoms with E-state index in [1.54, 1.807) is 6.26 Å². The summed E-state index contributed by atoms with van der Waals surface area (Å²) in [6, 6.07) is 3.73. The van der Waals surface area contributed by atoms with E-state index in [9.17, 15) is 4.79 Å². The predicted octanol–water partition coefficient (Wildman–Crippen LogP) is 2.56. The second-order valence-corrected chi connectivity index (χ2v) is 4.81. The molecule has 0 atom stereocenters. The lowest BCUT2D eigenvalue weighted by molar-refractivity contribution is -0.118. The zero-order chi connectivity index (χ0) is 11.1. The Morgan fingerprint density at radius 1 is 1.40 bits per heavy atom. The molecular formula is C12H15NO2. The number of furan rings is 1. The van der Waals surface area contributed by atoms with Crippen molar-refractivity contribution in [1.82, 2.24) is 5.32 Å². The molecule has 0 unspecified atom stereocenters. The summed E-state index contributed by atoms with van der Waals surface area (Å²) in [5.41, 5.74) is 1.90. The Hall–Kier alpha value is -1.51. The molecule has 15 heavy (non-hydrogen) atoms. The molecule has 80 valence electrons. The molecule has 1 aliphatic rings. The van der Waals surface area contributed by atoms with Gasteiger partial charge in [-0.1, -0.05) is 20.8 Å². The van der Waals surface area contributed by atoms with Crippen molar-refractivity contribution in [2.75, 3.05) is 0 Å². The molecule has 0 radical (unpaired) electrons. The van der Waals surface area contributed by atoms with Crippen LogP contribution in [-0.4, -0.2) is 5.91 Å². The minimum absolute atomic E-state index is 0.0475. The van der Waals surface area contributed by atoms with Crippen molar-refractivity contribution >= 4 is 11.5 Å². The summed E-state index contributed by atoms with van der Waals surface area (Å²) in [4.78, 5) is 11.4. The lowest BCUT2D eigenvalue weighted by Gasteiger charge is -2.21. The van der Waals surface area contributed by atoms with Crippen molar-refractivity contribution in [2.24, 2.45) is 5.41 Å². The van der Waals surface area contributed by atoms with E-state index >= 15 is 0 Å². The van der Waals surface area contributed by atoms with Crippen LogP contribution in [0.3, 0.4) is 0 Å². The van der Waals surface area contributed by atoms with E-state index in [0.717, 1.165) is 17.0 Å². The first-order chi connectivity index (χ1) is 6.98. The number of allylic oxidation sites excluding steroid dienone is 1. The van der Waals surface area contributed by atoms with Crippen LogP contribution >= 0.6 is 0 Å². The molecule has 1 N–H and O–H groups in total. The molecule has 0 bridgehead atoms. The van der Waals surface area contributed by atoms with Gasteiger partial charge in [0.15, 0.2) is 0 Å². The highest BCUT2D eigenvalue weighted by molar-refractivity contribution is 5.96. The van der Waals surface area contributed by atoms with Crippen LogP contribution in [0, 0.1) is 5.41 Å². The lowest BCUT2D eigenvalue weighted by Crippen LogP contribution is -2.24. The first kappa shape index (κ1) is 10.0. The van der Waals surface area contributed by atoms with Crippen LogP contribution < -0.4 is 5.32 Å². The van der Waals surface area contributed by atoms with Crippen LogP contribution in [0.4, 0.5) is 0 Å². The second kappa shape index (κ2) is 3.26. The zero-order valence-corrected chi connectivity index (χ0v) is 9.26. The number of carbonyl (C=O) groups excluding carboxylic acids is 1. The van der Waals surface area contributed by atoms with Gasteiger partial charge >= 0.3 is 0 Å². The molecule has 1 aromatic heterocycles. The minimum Gasteiger partial charge on any atom is -0.465 e.